The van der Waals surface area contributed by atoms with Gasteiger partial charge in [-0.1, -0.05) is 24.3 Å². The Hall–Kier alpha value is -1.96. The predicted octanol–water partition coefficient (Wildman–Crippen LogP) is -2.01. The number of rotatable bonds is 3. The molecule has 2 rings (SSSR count). The van der Waals surface area contributed by atoms with Gasteiger partial charge in [0.05, 0.1) is 0 Å². The molecule has 0 N–H and O–H groups in total. The van der Waals surface area contributed by atoms with Crippen molar-refractivity contribution in [1.82, 2.24) is 0 Å². The van der Waals surface area contributed by atoms with Crippen LogP contribution in [0.2, 0.25) is 0 Å². The molecule has 7 heteroatoms. The number of aromatic nitrogens is 1. The topological polar surface area (TPSA) is 99.4 Å². The third-order valence-electron chi connectivity index (χ3n) is 2.88. The molecule has 0 aliphatic rings. The smallest absolute Gasteiger partial charge is 0.169 e. The van der Waals surface area contributed by atoms with Crippen LogP contribution in [0.3, 0.4) is 0 Å². The number of benzene rings is 1. The summed E-state index contributed by atoms with van der Waals surface area (Å²) in [6.45, 7) is 0. The van der Waals surface area contributed by atoms with Gasteiger partial charge < -0.3 is 4.90 Å². The van der Waals surface area contributed by atoms with E-state index < -0.39 is 10.2 Å². The minimum absolute atomic E-state index is 1.21. The lowest BCUT2D eigenvalue weighted by molar-refractivity contribution is -2.00. The minimum atomic E-state index is -4.94. The Balaban J connectivity index is 0.000000463. The molecule has 0 saturated carbocycles. The summed E-state index contributed by atoms with van der Waals surface area (Å²) >= 11 is 0. The lowest BCUT2D eigenvalue weighted by Gasteiger charge is -2.17. The standard InChI is InChI=1S/C16H19N2.ClHO4/c1-17(2)16-8-6-14(7-9-16)4-5-15-10-12-18(3)13-11-15;2-1(3,4)5/h4-13H,1-3H3;(H,2,3,4,5)/q+1;/p-1. The van der Waals surface area contributed by atoms with Gasteiger partial charge in [-0.2, -0.15) is 0 Å². The summed E-state index contributed by atoms with van der Waals surface area (Å²) in [4.78, 5) is 2.10. The zero-order valence-electron chi connectivity index (χ0n) is 13.2. The molecule has 0 amide bonds. The molecule has 1 aromatic heterocycles. The summed E-state index contributed by atoms with van der Waals surface area (Å²) in [6.07, 6.45) is 8.36. The first-order valence-corrected chi connectivity index (χ1v) is 7.91. The number of pyridine rings is 1. The van der Waals surface area contributed by atoms with Crippen LogP contribution < -0.4 is 28.1 Å². The number of hydrogen-bond donors (Lipinski definition) is 0. The van der Waals surface area contributed by atoms with Gasteiger partial charge in [0, 0.05) is 31.9 Å². The van der Waals surface area contributed by atoms with Gasteiger partial charge in [0.25, 0.3) is 0 Å². The van der Waals surface area contributed by atoms with Crippen molar-refractivity contribution in [2.45, 2.75) is 0 Å². The molecular weight excluding hydrogens is 320 g/mol. The molecule has 0 bridgehead atoms. The molecule has 0 fully saturated rings. The second-order valence-electron chi connectivity index (χ2n) is 4.99. The maximum atomic E-state index is 8.49. The average molecular weight is 339 g/mol. The number of halogens is 1. The van der Waals surface area contributed by atoms with E-state index >= 15 is 0 Å². The van der Waals surface area contributed by atoms with Crippen molar-refractivity contribution >= 4 is 17.8 Å². The molecule has 23 heavy (non-hydrogen) atoms. The van der Waals surface area contributed by atoms with E-state index in [4.69, 9.17) is 18.6 Å². The molecule has 0 saturated heterocycles. The van der Waals surface area contributed by atoms with E-state index in [0.29, 0.717) is 0 Å². The molecule has 0 radical (unpaired) electrons. The van der Waals surface area contributed by atoms with Crippen molar-refractivity contribution in [2.24, 2.45) is 7.05 Å². The van der Waals surface area contributed by atoms with Crippen molar-refractivity contribution in [3.05, 3.63) is 59.9 Å². The molecule has 6 nitrogen and oxygen atoms in total. The summed E-state index contributed by atoms with van der Waals surface area (Å²) in [5, 5.41) is 0. The van der Waals surface area contributed by atoms with Gasteiger partial charge in [-0.15, -0.1) is 10.2 Å². The van der Waals surface area contributed by atoms with E-state index in [-0.39, 0.29) is 0 Å². The quantitative estimate of drug-likeness (QED) is 0.602. The van der Waals surface area contributed by atoms with Crippen molar-refractivity contribution in [2.75, 3.05) is 19.0 Å². The van der Waals surface area contributed by atoms with Crippen molar-refractivity contribution in [3.8, 4) is 0 Å². The van der Waals surface area contributed by atoms with E-state index in [1.165, 1.54) is 16.8 Å². The number of anilines is 1. The summed E-state index contributed by atoms with van der Waals surface area (Å²) in [5.74, 6) is 0. The van der Waals surface area contributed by atoms with Gasteiger partial charge in [-0.3, -0.25) is 0 Å². The fourth-order valence-corrected chi connectivity index (χ4v) is 1.70. The van der Waals surface area contributed by atoms with Crippen LogP contribution in [-0.2, 0) is 7.05 Å². The maximum absolute atomic E-state index is 8.49. The molecule has 2 aromatic rings. The molecular formula is C16H19ClN2O4. The molecule has 0 aliphatic carbocycles. The summed E-state index contributed by atoms with van der Waals surface area (Å²) in [5.41, 5.74) is 3.65. The minimum Gasteiger partial charge on any atom is -0.378 e. The van der Waals surface area contributed by atoms with Crippen molar-refractivity contribution in [3.63, 3.8) is 0 Å². The van der Waals surface area contributed by atoms with Crippen molar-refractivity contribution in [1.29, 1.82) is 0 Å². The van der Waals surface area contributed by atoms with E-state index in [1.54, 1.807) is 0 Å². The van der Waals surface area contributed by atoms with Crippen LogP contribution in [0, 0.1) is 10.2 Å². The second-order valence-corrected chi connectivity index (χ2v) is 5.75. The van der Waals surface area contributed by atoms with Crippen LogP contribution in [0.4, 0.5) is 5.69 Å². The maximum Gasteiger partial charge on any atom is 0.169 e. The monoisotopic (exact) mass is 338 g/mol. The first-order valence-electron chi connectivity index (χ1n) is 6.67. The Bertz CT molecular complexity index is 614. The fourth-order valence-electron chi connectivity index (χ4n) is 1.70. The highest BCUT2D eigenvalue weighted by Gasteiger charge is 1.94. The first kappa shape index (κ1) is 19.1. The third-order valence-corrected chi connectivity index (χ3v) is 2.88. The molecule has 0 atom stereocenters. The number of aryl methyl sites for hydroxylation is 1. The zero-order chi connectivity index (χ0) is 17.5. The lowest BCUT2D eigenvalue weighted by Crippen LogP contribution is -2.68. The zero-order valence-corrected chi connectivity index (χ0v) is 13.9. The highest BCUT2D eigenvalue weighted by atomic mass is 35.7. The van der Waals surface area contributed by atoms with Gasteiger partial charge in [-0.05, 0) is 23.3 Å². The molecule has 124 valence electrons. The van der Waals surface area contributed by atoms with Gasteiger partial charge in [0.2, 0.25) is 0 Å². The average Bonchev–Trinajstić information content (AvgIpc) is 2.45. The van der Waals surface area contributed by atoms with Gasteiger partial charge in [0.15, 0.2) is 12.4 Å². The Kier molecular flexibility index (Phi) is 7.15. The largest absolute Gasteiger partial charge is 0.378 e. The Labute approximate surface area is 137 Å². The summed E-state index contributed by atoms with van der Waals surface area (Å²) < 4.78 is 36.0. The molecule has 1 heterocycles. The van der Waals surface area contributed by atoms with Crippen LogP contribution in [-0.4, -0.2) is 14.1 Å². The Morgan fingerprint density at radius 3 is 1.61 bits per heavy atom. The Morgan fingerprint density at radius 1 is 0.826 bits per heavy atom. The highest BCUT2D eigenvalue weighted by molar-refractivity contribution is 5.70. The molecule has 0 unspecified atom stereocenters. The first-order chi connectivity index (χ1) is 10.6. The summed E-state index contributed by atoms with van der Waals surface area (Å²) in [6, 6.07) is 12.7. The van der Waals surface area contributed by atoms with Crippen LogP contribution in [0.25, 0.3) is 12.2 Å². The lowest BCUT2D eigenvalue weighted by atomic mass is 10.1. The summed E-state index contributed by atoms with van der Waals surface area (Å²) in [7, 11) is 1.18. The van der Waals surface area contributed by atoms with E-state index in [2.05, 4.69) is 79.9 Å². The molecule has 0 spiro atoms. The third kappa shape index (κ3) is 8.92. The molecule has 0 aliphatic heterocycles. The van der Waals surface area contributed by atoms with E-state index in [0.717, 1.165) is 0 Å². The second kappa shape index (κ2) is 8.61. The van der Waals surface area contributed by atoms with Gasteiger partial charge in [-0.25, -0.2) is 23.2 Å². The normalized spacial score (nSPS) is 11.1. The van der Waals surface area contributed by atoms with E-state index in [9.17, 15) is 0 Å². The number of hydrogen-bond acceptors (Lipinski definition) is 5. The van der Waals surface area contributed by atoms with Crippen LogP contribution in [0.1, 0.15) is 11.1 Å². The highest BCUT2D eigenvalue weighted by Crippen LogP contribution is 2.14. The van der Waals surface area contributed by atoms with Gasteiger partial charge in [0.1, 0.15) is 7.05 Å². The van der Waals surface area contributed by atoms with Crippen LogP contribution in [0.15, 0.2) is 48.8 Å². The predicted molar refractivity (Wildman–Crippen MR) is 77.3 cm³/mol. The SMILES string of the molecule is CN(C)c1ccc(/C=C/c2cc[n+](C)cc2)cc1.[O-][Cl+3]([O-])([O-])[O-]. The van der Waals surface area contributed by atoms with Crippen molar-refractivity contribution < 1.29 is 33.4 Å². The number of nitrogens with zero attached hydrogens (tertiary/aromatic N) is 2. The fraction of sp³-hybridized carbons (Fsp3) is 0.188. The van der Waals surface area contributed by atoms with E-state index in [1.807, 2.05) is 11.6 Å². The van der Waals surface area contributed by atoms with Crippen LogP contribution >= 0.6 is 0 Å². The van der Waals surface area contributed by atoms with Crippen LogP contribution in [0.5, 0.6) is 0 Å². The van der Waals surface area contributed by atoms with Gasteiger partial charge >= 0.3 is 0 Å². The Morgan fingerprint density at radius 2 is 1.22 bits per heavy atom. The molecule has 1 aromatic carbocycles.